The number of nitrogens with zero attached hydrogens (tertiary/aromatic N) is 1. The van der Waals surface area contributed by atoms with Gasteiger partial charge in [0, 0.05) is 16.7 Å². The maximum absolute atomic E-state index is 5.87. The van der Waals surface area contributed by atoms with Crippen molar-refractivity contribution in [3.63, 3.8) is 0 Å². The largest absolute Gasteiger partial charge is 0.496 e. The molecule has 0 unspecified atom stereocenters. The van der Waals surface area contributed by atoms with Crippen LogP contribution in [0.5, 0.6) is 5.75 Å². The summed E-state index contributed by atoms with van der Waals surface area (Å²) in [5.74, 6) is 1.34. The second-order valence-corrected chi connectivity index (χ2v) is 5.73. The number of para-hydroxylation sites is 1. The molecule has 3 N–H and O–H groups in total. The molecule has 0 atom stereocenters. The van der Waals surface area contributed by atoms with Crippen LogP contribution in [-0.2, 0) is 6.42 Å². The third kappa shape index (κ3) is 6.78. The number of hydrogen-bond donors (Lipinski definition) is 2. The van der Waals surface area contributed by atoms with Gasteiger partial charge < -0.3 is 15.8 Å². The van der Waals surface area contributed by atoms with Gasteiger partial charge in [0.2, 0.25) is 0 Å². The average Bonchev–Trinajstić information content (AvgIpc) is 2.53. The first-order valence-electron chi connectivity index (χ1n) is 7.13. The summed E-state index contributed by atoms with van der Waals surface area (Å²) in [4.78, 5) is 4.34. The molecular weight excluding hydrogens is 469 g/mol. The molecular formula is C17H21BrIN3O. The van der Waals surface area contributed by atoms with Crippen molar-refractivity contribution in [3.8, 4) is 5.75 Å². The van der Waals surface area contributed by atoms with Crippen molar-refractivity contribution >= 4 is 51.6 Å². The van der Waals surface area contributed by atoms with Crippen LogP contribution in [0, 0.1) is 0 Å². The lowest BCUT2D eigenvalue weighted by molar-refractivity contribution is 0.409. The summed E-state index contributed by atoms with van der Waals surface area (Å²) in [7, 11) is 1.69. The van der Waals surface area contributed by atoms with Crippen molar-refractivity contribution in [2.24, 2.45) is 10.7 Å². The monoisotopic (exact) mass is 489 g/mol. The molecule has 0 aliphatic rings. The number of halogens is 2. The van der Waals surface area contributed by atoms with E-state index in [1.165, 1.54) is 5.56 Å². The van der Waals surface area contributed by atoms with Gasteiger partial charge in [0.05, 0.1) is 7.11 Å². The predicted octanol–water partition coefficient (Wildman–Crippen LogP) is 4.44. The van der Waals surface area contributed by atoms with Crippen LogP contribution in [0.3, 0.4) is 0 Å². The van der Waals surface area contributed by atoms with Crippen molar-refractivity contribution in [2.45, 2.75) is 12.8 Å². The van der Waals surface area contributed by atoms with Crippen LogP contribution in [0.2, 0.25) is 0 Å². The smallest absolute Gasteiger partial charge is 0.193 e. The number of guanidine groups is 1. The van der Waals surface area contributed by atoms with Crippen LogP contribution in [-0.4, -0.2) is 19.6 Å². The van der Waals surface area contributed by atoms with Gasteiger partial charge in [-0.25, -0.2) is 0 Å². The zero-order valence-corrected chi connectivity index (χ0v) is 16.9. The van der Waals surface area contributed by atoms with E-state index < -0.39 is 0 Å². The molecule has 0 fully saturated rings. The molecule has 6 heteroatoms. The molecule has 4 nitrogen and oxygen atoms in total. The van der Waals surface area contributed by atoms with E-state index in [9.17, 15) is 0 Å². The van der Waals surface area contributed by atoms with Gasteiger partial charge in [-0.2, -0.15) is 0 Å². The normalized spacial score (nSPS) is 10.8. The standard InChI is InChI=1S/C17H20BrN3O.HI/c1-22-16-12-14(18)10-9-13(16)6-5-11-20-17(19)21-15-7-3-2-4-8-15;/h2-4,7-10,12H,5-6,11H2,1H3,(H3,19,20,21);1H. The van der Waals surface area contributed by atoms with Gasteiger partial charge in [0.1, 0.15) is 5.75 Å². The number of anilines is 1. The lowest BCUT2D eigenvalue weighted by Gasteiger charge is -2.08. The van der Waals surface area contributed by atoms with Gasteiger partial charge in [0.25, 0.3) is 0 Å². The summed E-state index contributed by atoms with van der Waals surface area (Å²) in [6.45, 7) is 0.672. The molecule has 23 heavy (non-hydrogen) atoms. The maximum Gasteiger partial charge on any atom is 0.193 e. The molecule has 0 spiro atoms. The molecule has 0 aliphatic carbocycles. The Labute approximate surface area is 162 Å². The van der Waals surface area contributed by atoms with Crippen LogP contribution in [0.25, 0.3) is 0 Å². The second-order valence-electron chi connectivity index (χ2n) is 4.82. The van der Waals surface area contributed by atoms with E-state index in [1.807, 2.05) is 42.5 Å². The van der Waals surface area contributed by atoms with Crippen molar-refractivity contribution in [3.05, 3.63) is 58.6 Å². The number of nitrogens with one attached hydrogen (secondary N) is 1. The fraction of sp³-hybridized carbons (Fsp3) is 0.235. The minimum Gasteiger partial charge on any atom is -0.496 e. The van der Waals surface area contributed by atoms with E-state index in [1.54, 1.807) is 7.11 Å². The highest BCUT2D eigenvalue weighted by atomic mass is 127. The molecule has 2 aromatic rings. The lowest BCUT2D eigenvalue weighted by atomic mass is 10.1. The van der Waals surface area contributed by atoms with E-state index in [-0.39, 0.29) is 24.0 Å². The highest BCUT2D eigenvalue weighted by Crippen LogP contribution is 2.24. The first-order chi connectivity index (χ1) is 10.7. The zero-order chi connectivity index (χ0) is 15.8. The first kappa shape index (κ1) is 19.8. The Morgan fingerprint density at radius 3 is 2.65 bits per heavy atom. The summed E-state index contributed by atoms with van der Waals surface area (Å²) in [6.07, 6.45) is 1.81. The van der Waals surface area contributed by atoms with Gasteiger partial charge in [0.15, 0.2) is 5.96 Å². The molecule has 0 aliphatic heterocycles. The van der Waals surface area contributed by atoms with E-state index in [0.717, 1.165) is 28.8 Å². The minimum absolute atomic E-state index is 0. The number of aryl methyl sites for hydroxylation is 1. The number of benzene rings is 2. The predicted molar refractivity (Wildman–Crippen MR) is 111 cm³/mol. The highest BCUT2D eigenvalue weighted by Gasteiger charge is 2.03. The molecule has 0 saturated carbocycles. The molecule has 0 heterocycles. The second kappa shape index (κ2) is 10.5. The fourth-order valence-corrected chi connectivity index (χ4v) is 2.44. The van der Waals surface area contributed by atoms with E-state index in [0.29, 0.717) is 12.5 Å². The van der Waals surface area contributed by atoms with E-state index in [2.05, 4.69) is 32.3 Å². The number of methoxy groups -OCH3 is 1. The number of ether oxygens (including phenoxy) is 1. The highest BCUT2D eigenvalue weighted by molar-refractivity contribution is 14.0. The lowest BCUT2D eigenvalue weighted by Crippen LogP contribution is -2.22. The van der Waals surface area contributed by atoms with Gasteiger partial charge in [-0.1, -0.05) is 40.2 Å². The Kier molecular flexibility index (Phi) is 9.01. The van der Waals surface area contributed by atoms with Gasteiger partial charge >= 0.3 is 0 Å². The van der Waals surface area contributed by atoms with E-state index >= 15 is 0 Å². The van der Waals surface area contributed by atoms with Crippen LogP contribution in [0.4, 0.5) is 5.69 Å². The van der Waals surface area contributed by atoms with Crippen LogP contribution in [0.15, 0.2) is 58.0 Å². The molecule has 0 bridgehead atoms. The number of rotatable bonds is 6. The van der Waals surface area contributed by atoms with Gasteiger partial charge in [-0.05, 0) is 42.7 Å². The minimum atomic E-state index is 0. The summed E-state index contributed by atoms with van der Waals surface area (Å²) in [6, 6.07) is 15.8. The summed E-state index contributed by atoms with van der Waals surface area (Å²) < 4.78 is 6.40. The van der Waals surface area contributed by atoms with Crippen LogP contribution < -0.4 is 15.8 Å². The van der Waals surface area contributed by atoms with Crippen molar-refractivity contribution < 1.29 is 4.74 Å². The Morgan fingerprint density at radius 2 is 1.96 bits per heavy atom. The Balaban J connectivity index is 0.00000264. The van der Waals surface area contributed by atoms with Crippen molar-refractivity contribution in [1.82, 2.24) is 0 Å². The molecule has 0 saturated heterocycles. The SMILES string of the molecule is COc1cc(Br)ccc1CCCN=C(N)Nc1ccccc1.I. The topological polar surface area (TPSA) is 59.6 Å². The van der Waals surface area contributed by atoms with E-state index in [4.69, 9.17) is 10.5 Å². The summed E-state index contributed by atoms with van der Waals surface area (Å²) in [5.41, 5.74) is 7.99. The molecule has 0 amide bonds. The summed E-state index contributed by atoms with van der Waals surface area (Å²) in [5, 5.41) is 3.07. The van der Waals surface area contributed by atoms with Crippen molar-refractivity contribution in [2.75, 3.05) is 19.0 Å². The molecule has 2 rings (SSSR count). The van der Waals surface area contributed by atoms with Gasteiger partial charge in [-0.3, -0.25) is 4.99 Å². The third-order valence-electron chi connectivity index (χ3n) is 3.18. The van der Waals surface area contributed by atoms with Crippen molar-refractivity contribution in [1.29, 1.82) is 0 Å². The average molecular weight is 490 g/mol. The number of aliphatic imine (C=N–C) groups is 1. The number of nitrogens with two attached hydrogens (primary N) is 1. The van der Waals surface area contributed by atoms with Gasteiger partial charge in [-0.15, -0.1) is 24.0 Å². The molecule has 2 aromatic carbocycles. The Morgan fingerprint density at radius 1 is 1.22 bits per heavy atom. The molecule has 0 aromatic heterocycles. The number of hydrogen-bond acceptors (Lipinski definition) is 2. The Bertz CT molecular complexity index is 635. The quantitative estimate of drug-likeness (QED) is 0.273. The molecule has 124 valence electrons. The van der Waals surface area contributed by atoms with Crippen LogP contribution in [0.1, 0.15) is 12.0 Å². The molecule has 0 radical (unpaired) electrons. The zero-order valence-electron chi connectivity index (χ0n) is 13.0. The first-order valence-corrected chi connectivity index (χ1v) is 7.93. The van der Waals surface area contributed by atoms with Crippen LogP contribution >= 0.6 is 39.9 Å². The maximum atomic E-state index is 5.87. The summed E-state index contributed by atoms with van der Waals surface area (Å²) >= 11 is 3.44. The third-order valence-corrected chi connectivity index (χ3v) is 3.67. The fourth-order valence-electron chi connectivity index (χ4n) is 2.10. The Hall–Kier alpha value is -1.28.